The average molecular weight is 250 g/mol. The van der Waals surface area contributed by atoms with E-state index in [0.29, 0.717) is 17.8 Å². The van der Waals surface area contributed by atoms with Crippen molar-refractivity contribution in [2.45, 2.75) is 44.9 Å². The Morgan fingerprint density at radius 1 is 1.39 bits per heavy atom. The maximum atomic E-state index is 9.47. The van der Waals surface area contributed by atoms with E-state index in [1.807, 2.05) is 12.3 Å². The second kappa shape index (κ2) is 5.67. The van der Waals surface area contributed by atoms with Gasteiger partial charge in [-0.25, -0.2) is 4.98 Å². The van der Waals surface area contributed by atoms with E-state index in [4.69, 9.17) is 4.74 Å². The molecule has 0 bridgehead atoms. The minimum absolute atomic E-state index is 0.127. The van der Waals surface area contributed by atoms with Crippen molar-refractivity contribution in [2.24, 2.45) is 5.92 Å². The molecule has 1 saturated carbocycles. The number of pyridine rings is 1. The summed E-state index contributed by atoms with van der Waals surface area (Å²) in [6, 6.07) is 4.62. The van der Waals surface area contributed by atoms with E-state index in [-0.39, 0.29) is 12.1 Å². The van der Waals surface area contributed by atoms with Crippen molar-refractivity contribution in [1.29, 1.82) is 0 Å². The van der Waals surface area contributed by atoms with Crippen LogP contribution in [-0.2, 0) is 0 Å². The van der Waals surface area contributed by atoms with Crippen molar-refractivity contribution in [3.8, 4) is 5.88 Å². The fourth-order valence-corrected chi connectivity index (χ4v) is 2.46. The molecule has 1 fully saturated rings. The number of aromatic nitrogens is 1. The zero-order valence-electron chi connectivity index (χ0n) is 11.3. The van der Waals surface area contributed by atoms with E-state index in [9.17, 15) is 5.11 Å². The molecule has 2 N–H and O–H groups in total. The van der Waals surface area contributed by atoms with Gasteiger partial charge in [-0.05, 0) is 24.3 Å². The molecule has 0 amide bonds. The predicted octanol–water partition coefficient (Wildman–Crippen LogP) is 1.90. The molecule has 1 aromatic rings. The number of aliphatic hydroxyl groups excluding tert-OH is 1. The second-order valence-corrected chi connectivity index (χ2v) is 5.32. The molecule has 1 aliphatic rings. The van der Waals surface area contributed by atoms with Crippen LogP contribution in [0.3, 0.4) is 0 Å². The van der Waals surface area contributed by atoms with Gasteiger partial charge in [0.15, 0.2) is 0 Å². The highest BCUT2D eigenvalue weighted by Crippen LogP contribution is 2.38. The van der Waals surface area contributed by atoms with E-state index in [0.717, 1.165) is 12.8 Å². The van der Waals surface area contributed by atoms with Crippen molar-refractivity contribution >= 4 is 0 Å². The van der Waals surface area contributed by atoms with Crippen LogP contribution in [0.15, 0.2) is 18.3 Å². The molecule has 18 heavy (non-hydrogen) atoms. The van der Waals surface area contributed by atoms with Crippen LogP contribution >= 0.6 is 0 Å². The summed E-state index contributed by atoms with van der Waals surface area (Å²) in [4.78, 5) is 4.26. The third kappa shape index (κ3) is 3.00. The van der Waals surface area contributed by atoms with E-state index in [1.54, 1.807) is 7.11 Å². The van der Waals surface area contributed by atoms with Gasteiger partial charge in [0, 0.05) is 24.3 Å². The minimum atomic E-state index is -0.127. The SMILES string of the molecule is COc1ccc(C(NC(C)C)C2CC(O)C2)cn1. The fraction of sp³-hybridized carbons (Fsp3) is 0.643. The second-order valence-electron chi connectivity index (χ2n) is 5.32. The van der Waals surface area contributed by atoms with E-state index in [2.05, 4.69) is 30.2 Å². The predicted molar refractivity (Wildman–Crippen MR) is 70.5 cm³/mol. The van der Waals surface area contributed by atoms with Crippen molar-refractivity contribution in [3.05, 3.63) is 23.9 Å². The Balaban J connectivity index is 2.11. The molecule has 0 aliphatic heterocycles. The molecule has 4 nitrogen and oxygen atoms in total. The first-order valence-electron chi connectivity index (χ1n) is 6.54. The summed E-state index contributed by atoms with van der Waals surface area (Å²) in [6.07, 6.45) is 3.48. The van der Waals surface area contributed by atoms with E-state index < -0.39 is 0 Å². The summed E-state index contributed by atoms with van der Waals surface area (Å²) >= 11 is 0. The lowest BCUT2D eigenvalue weighted by Crippen LogP contribution is -2.41. The Kier molecular flexibility index (Phi) is 4.19. The zero-order chi connectivity index (χ0) is 13.1. The van der Waals surface area contributed by atoms with Gasteiger partial charge in [-0.1, -0.05) is 19.9 Å². The number of hydrogen-bond acceptors (Lipinski definition) is 4. The first-order valence-corrected chi connectivity index (χ1v) is 6.54. The van der Waals surface area contributed by atoms with Gasteiger partial charge in [0.25, 0.3) is 0 Å². The van der Waals surface area contributed by atoms with Crippen LogP contribution in [-0.4, -0.2) is 29.3 Å². The molecule has 0 radical (unpaired) electrons. The van der Waals surface area contributed by atoms with Gasteiger partial charge in [0.1, 0.15) is 0 Å². The number of hydrogen-bond donors (Lipinski definition) is 2. The highest BCUT2D eigenvalue weighted by Gasteiger charge is 2.35. The summed E-state index contributed by atoms with van der Waals surface area (Å²) in [5.41, 5.74) is 1.17. The van der Waals surface area contributed by atoms with E-state index >= 15 is 0 Å². The van der Waals surface area contributed by atoms with Gasteiger partial charge in [-0.2, -0.15) is 0 Å². The normalized spacial score (nSPS) is 24.7. The van der Waals surface area contributed by atoms with Gasteiger partial charge < -0.3 is 15.2 Å². The summed E-state index contributed by atoms with van der Waals surface area (Å²) in [7, 11) is 1.62. The van der Waals surface area contributed by atoms with Crippen LogP contribution < -0.4 is 10.1 Å². The number of rotatable bonds is 5. The molecule has 1 aromatic heterocycles. The van der Waals surface area contributed by atoms with Crippen LogP contribution in [0.25, 0.3) is 0 Å². The number of aliphatic hydroxyl groups is 1. The van der Waals surface area contributed by atoms with Gasteiger partial charge in [0.05, 0.1) is 13.2 Å². The molecule has 1 heterocycles. The Labute approximate surface area is 108 Å². The highest BCUT2D eigenvalue weighted by atomic mass is 16.5. The number of nitrogens with zero attached hydrogens (tertiary/aromatic N) is 1. The standard InChI is InChI=1S/C14H22N2O2/c1-9(2)16-14(11-6-12(17)7-11)10-4-5-13(18-3)15-8-10/h4-5,8-9,11-12,14,16-17H,6-7H2,1-3H3. The topological polar surface area (TPSA) is 54.4 Å². The van der Waals surface area contributed by atoms with Crippen LogP contribution in [0.4, 0.5) is 0 Å². The van der Waals surface area contributed by atoms with Crippen LogP contribution in [0.2, 0.25) is 0 Å². The first kappa shape index (κ1) is 13.3. The summed E-state index contributed by atoms with van der Waals surface area (Å²) in [5.74, 6) is 1.13. The summed E-state index contributed by atoms with van der Waals surface area (Å²) in [6.45, 7) is 4.28. The molecule has 1 atom stereocenters. The molecule has 1 aliphatic carbocycles. The number of methoxy groups -OCH3 is 1. The van der Waals surface area contributed by atoms with Gasteiger partial charge in [0.2, 0.25) is 5.88 Å². The lowest BCUT2D eigenvalue weighted by Gasteiger charge is -2.39. The van der Waals surface area contributed by atoms with Crippen molar-refractivity contribution in [1.82, 2.24) is 10.3 Å². The molecule has 1 unspecified atom stereocenters. The monoisotopic (exact) mass is 250 g/mol. The molecule has 0 saturated heterocycles. The first-order chi connectivity index (χ1) is 8.60. The number of ether oxygens (including phenoxy) is 1. The zero-order valence-corrected chi connectivity index (χ0v) is 11.3. The Morgan fingerprint density at radius 3 is 2.56 bits per heavy atom. The Bertz CT molecular complexity index is 372. The minimum Gasteiger partial charge on any atom is -0.481 e. The van der Waals surface area contributed by atoms with Gasteiger partial charge in [-0.3, -0.25) is 0 Å². The molecule has 4 heteroatoms. The molecule has 100 valence electrons. The smallest absolute Gasteiger partial charge is 0.212 e. The van der Waals surface area contributed by atoms with Crippen molar-refractivity contribution in [2.75, 3.05) is 7.11 Å². The quantitative estimate of drug-likeness (QED) is 0.838. The largest absolute Gasteiger partial charge is 0.481 e. The van der Waals surface area contributed by atoms with Gasteiger partial charge in [-0.15, -0.1) is 0 Å². The summed E-state index contributed by atoms with van der Waals surface area (Å²) < 4.78 is 5.08. The third-order valence-electron chi connectivity index (χ3n) is 3.46. The Hall–Kier alpha value is -1.13. The third-order valence-corrected chi connectivity index (χ3v) is 3.46. The lowest BCUT2D eigenvalue weighted by molar-refractivity contribution is 0.0225. The van der Waals surface area contributed by atoms with Crippen molar-refractivity contribution < 1.29 is 9.84 Å². The molecule has 2 rings (SSSR count). The molecular weight excluding hydrogens is 228 g/mol. The van der Waals surface area contributed by atoms with Crippen LogP contribution in [0, 0.1) is 5.92 Å². The highest BCUT2D eigenvalue weighted by molar-refractivity contribution is 5.22. The van der Waals surface area contributed by atoms with E-state index in [1.165, 1.54) is 5.56 Å². The fourth-order valence-electron chi connectivity index (χ4n) is 2.46. The van der Waals surface area contributed by atoms with Crippen LogP contribution in [0.1, 0.15) is 38.3 Å². The van der Waals surface area contributed by atoms with Gasteiger partial charge >= 0.3 is 0 Å². The van der Waals surface area contributed by atoms with Crippen LogP contribution in [0.5, 0.6) is 5.88 Å². The maximum Gasteiger partial charge on any atom is 0.212 e. The molecular formula is C14H22N2O2. The summed E-state index contributed by atoms with van der Waals surface area (Å²) in [5, 5.41) is 13.0. The lowest BCUT2D eigenvalue weighted by atomic mass is 9.75. The average Bonchev–Trinajstić information content (AvgIpc) is 2.32. The van der Waals surface area contributed by atoms with Crippen molar-refractivity contribution in [3.63, 3.8) is 0 Å². The maximum absolute atomic E-state index is 9.47. The Morgan fingerprint density at radius 2 is 2.11 bits per heavy atom. The number of nitrogens with one attached hydrogen (secondary N) is 1. The molecule has 0 spiro atoms. The molecule has 0 aromatic carbocycles.